The minimum atomic E-state index is 0.0900. The Kier molecular flexibility index (Phi) is 4.26. The number of rotatable bonds is 3. The SMILES string of the molecule is CCc1cc(C(=O)N2CCC(c3ccnc4[nH]ccc34)CC2C)n(C)n1. The standard InChI is InChI=1S/C20H25N5O/c1-4-15-12-18(24(3)23-15)20(26)25-10-7-14(11-13(25)2)16-5-8-21-19-17(16)6-9-22-19/h5-6,8-9,12-14H,4,7,10-11H2,1-3H3,(H,21,22). The molecule has 2 unspecified atom stereocenters. The van der Waals surface area contributed by atoms with Gasteiger partial charge in [0, 0.05) is 37.4 Å². The van der Waals surface area contributed by atoms with Gasteiger partial charge in [-0.1, -0.05) is 6.92 Å². The van der Waals surface area contributed by atoms with Gasteiger partial charge in [0.25, 0.3) is 5.91 Å². The number of nitrogens with zero attached hydrogens (tertiary/aromatic N) is 4. The summed E-state index contributed by atoms with van der Waals surface area (Å²) in [5.74, 6) is 0.542. The smallest absolute Gasteiger partial charge is 0.272 e. The summed E-state index contributed by atoms with van der Waals surface area (Å²) < 4.78 is 1.71. The first kappa shape index (κ1) is 16.8. The van der Waals surface area contributed by atoms with Crippen LogP contribution < -0.4 is 0 Å². The molecule has 3 aromatic rings. The third-order valence-corrected chi connectivity index (χ3v) is 5.58. The number of pyridine rings is 1. The van der Waals surface area contributed by atoms with Gasteiger partial charge in [-0.3, -0.25) is 9.48 Å². The van der Waals surface area contributed by atoms with Crippen LogP contribution in [0.5, 0.6) is 0 Å². The fourth-order valence-corrected chi connectivity index (χ4v) is 4.14. The first-order valence-electron chi connectivity index (χ1n) is 9.34. The molecule has 6 nitrogen and oxygen atoms in total. The first-order valence-corrected chi connectivity index (χ1v) is 9.34. The van der Waals surface area contributed by atoms with Gasteiger partial charge >= 0.3 is 0 Å². The third kappa shape index (κ3) is 2.79. The molecule has 136 valence electrons. The van der Waals surface area contributed by atoms with Gasteiger partial charge in [0.15, 0.2) is 0 Å². The molecule has 0 aliphatic carbocycles. The minimum absolute atomic E-state index is 0.0900. The number of amides is 1. The van der Waals surface area contributed by atoms with Crippen LogP contribution in [0, 0.1) is 0 Å². The van der Waals surface area contributed by atoms with Crippen molar-refractivity contribution in [1.29, 1.82) is 0 Å². The molecule has 1 fully saturated rings. The van der Waals surface area contributed by atoms with Gasteiger partial charge in [-0.15, -0.1) is 0 Å². The molecule has 1 saturated heterocycles. The van der Waals surface area contributed by atoms with E-state index in [0.29, 0.717) is 11.6 Å². The van der Waals surface area contributed by atoms with Crippen molar-refractivity contribution in [3.05, 3.63) is 47.5 Å². The Bertz CT molecular complexity index is 941. The van der Waals surface area contributed by atoms with Gasteiger partial charge in [0.2, 0.25) is 0 Å². The quantitative estimate of drug-likeness (QED) is 0.787. The summed E-state index contributed by atoms with van der Waals surface area (Å²) in [5.41, 5.74) is 3.92. The molecule has 0 spiro atoms. The molecule has 1 amide bonds. The van der Waals surface area contributed by atoms with Crippen LogP contribution in [0.1, 0.15) is 54.4 Å². The zero-order valence-corrected chi connectivity index (χ0v) is 15.6. The lowest BCUT2D eigenvalue weighted by Gasteiger charge is -2.38. The van der Waals surface area contributed by atoms with Gasteiger partial charge in [-0.2, -0.15) is 5.10 Å². The first-order chi connectivity index (χ1) is 12.6. The van der Waals surface area contributed by atoms with Crippen molar-refractivity contribution in [2.24, 2.45) is 7.05 Å². The summed E-state index contributed by atoms with van der Waals surface area (Å²) in [5, 5.41) is 5.62. The van der Waals surface area contributed by atoms with Crippen molar-refractivity contribution in [2.45, 2.75) is 45.1 Å². The highest BCUT2D eigenvalue weighted by Crippen LogP contribution is 2.35. The fraction of sp³-hybridized carbons (Fsp3) is 0.450. The average Bonchev–Trinajstić information content (AvgIpc) is 3.27. The Balaban J connectivity index is 1.54. The molecule has 1 N–H and O–H groups in total. The summed E-state index contributed by atoms with van der Waals surface area (Å²) in [6.07, 6.45) is 6.59. The van der Waals surface area contributed by atoms with E-state index in [1.54, 1.807) is 4.68 Å². The monoisotopic (exact) mass is 351 g/mol. The molecule has 1 aliphatic rings. The van der Waals surface area contributed by atoms with E-state index >= 15 is 0 Å². The molecule has 2 atom stereocenters. The Morgan fingerprint density at radius 3 is 2.96 bits per heavy atom. The maximum atomic E-state index is 13.0. The number of fused-ring (bicyclic) bond motifs is 1. The van der Waals surface area contributed by atoms with Crippen molar-refractivity contribution in [3.63, 3.8) is 0 Å². The van der Waals surface area contributed by atoms with Crippen LogP contribution in [0.4, 0.5) is 0 Å². The highest BCUT2D eigenvalue weighted by atomic mass is 16.2. The molecule has 0 bridgehead atoms. The second-order valence-electron chi connectivity index (χ2n) is 7.21. The van der Waals surface area contributed by atoms with E-state index in [9.17, 15) is 4.79 Å². The molecule has 4 rings (SSSR count). The molecular weight excluding hydrogens is 326 g/mol. The zero-order valence-electron chi connectivity index (χ0n) is 15.6. The number of aromatic amines is 1. The van der Waals surface area contributed by atoms with E-state index < -0.39 is 0 Å². The van der Waals surface area contributed by atoms with E-state index in [1.165, 1.54) is 10.9 Å². The van der Waals surface area contributed by atoms with E-state index in [1.807, 2.05) is 30.4 Å². The predicted molar refractivity (Wildman–Crippen MR) is 101 cm³/mol. The van der Waals surface area contributed by atoms with Gasteiger partial charge in [0.05, 0.1) is 5.69 Å². The van der Waals surface area contributed by atoms with Gasteiger partial charge in [0.1, 0.15) is 11.3 Å². The van der Waals surface area contributed by atoms with Gasteiger partial charge in [-0.25, -0.2) is 4.98 Å². The van der Waals surface area contributed by atoms with E-state index in [2.05, 4.69) is 41.0 Å². The summed E-state index contributed by atoms with van der Waals surface area (Å²) >= 11 is 0. The Morgan fingerprint density at radius 1 is 1.38 bits per heavy atom. The second-order valence-corrected chi connectivity index (χ2v) is 7.21. The molecule has 0 saturated carbocycles. The number of carbonyl (C=O) groups excluding carboxylic acids is 1. The van der Waals surface area contributed by atoms with Crippen LogP contribution in [0.3, 0.4) is 0 Å². The topological polar surface area (TPSA) is 66.8 Å². The number of piperidine rings is 1. The van der Waals surface area contributed by atoms with E-state index in [4.69, 9.17) is 0 Å². The number of hydrogen-bond donors (Lipinski definition) is 1. The average molecular weight is 351 g/mol. The lowest BCUT2D eigenvalue weighted by atomic mass is 9.85. The molecular formula is C20H25N5O. The fourth-order valence-electron chi connectivity index (χ4n) is 4.14. The number of likely N-dealkylation sites (tertiary alicyclic amines) is 1. The van der Waals surface area contributed by atoms with E-state index in [0.717, 1.165) is 37.1 Å². The number of aryl methyl sites for hydroxylation is 2. The summed E-state index contributed by atoms with van der Waals surface area (Å²) in [7, 11) is 1.85. The van der Waals surface area contributed by atoms with Crippen LogP contribution in [-0.2, 0) is 13.5 Å². The van der Waals surface area contributed by atoms with Crippen LogP contribution in [-0.4, -0.2) is 43.1 Å². The lowest BCUT2D eigenvalue weighted by molar-refractivity contribution is 0.0605. The van der Waals surface area contributed by atoms with E-state index in [-0.39, 0.29) is 11.9 Å². The minimum Gasteiger partial charge on any atom is -0.346 e. The van der Waals surface area contributed by atoms with Crippen molar-refractivity contribution in [1.82, 2.24) is 24.6 Å². The second kappa shape index (κ2) is 6.59. The molecule has 0 radical (unpaired) electrons. The Morgan fingerprint density at radius 2 is 2.23 bits per heavy atom. The van der Waals surface area contributed by atoms with Crippen LogP contribution >= 0.6 is 0 Å². The molecule has 0 aromatic carbocycles. The van der Waals surface area contributed by atoms with Gasteiger partial charge < -0.3 is 9.88 Å². The third-order valence-electron chi connectivity index (χ3n) is 5.58. The molecule has 26 heavy (non-hydrogen) atoms. The summed E-state index contributed by atoms with van der Waals surface area (Å²) in [4.78, 5) is 22.6. The number of hydrogen-bond acceptors (Lipinski definition) is 3. The van der Waals surface area contributed by atoms with Crippen LogP contribution in [0.2, 0.25) is 0 Å². The number of carbonyl (C=O) groups is 1. The maximum absolute atomic E-state index is 13.0. The van der Waals surface area contributed by atoms with Crippen molar-refractivity contribution >= 4 is 16.9 Å². The van der Waals surface area contributed by atoms with Crippen molar-refractivity contribution < 1.29 is 4.79 Å². The summed E-state index contributed by atoms with van der Waals surface area (Å²) in [6.45, 7) is 4.98. The largest absolute Gasteiger partial charge is 0.346 e. The number of nitrogens with one attached hydrogen (secondary N) is 1. The van der Waals surface area contributed by atoms with Crippen LogP contribution in [0.25, 0.3) is 11.0 Å². The maximum Gasteiger partial charge on any atom is 0.272 e. The van der Waals surface area contributed by atoms with Crippen LogP contribution in [0.15, 0.2) is 30.6 Å². The molecule has 3 aromatic heterocycles. The predicted octanol–water partition coefficient (Wildman–Crippen LogP) is 3.27. The lowest BCUT2D eigenvalue weighted by Crippen LogP contribution is -2.44. The zero-order chi connectivity index (χ0) is 18.3. The Labute approximate surface area is 153 Å². The molecule has 1 aliphatic heterocycles. The Hall–Kier alpha value is -2.63. The number of aromatic nitrogens is 4. The highest BCUT2D eigenvalue weighted by Gasteiger charge is 2.32. The van der Waals surface area contributed by atoms with Gasteiger partial charge in [-0.05, 0) is 55.9 Å². The molecule has 4 heterocycles. The van der Waals surface area contributed by atoms with Crippen molar-refractivity contribution in [2.75, 3.05) is 6.54 Å². The summed E-state index contributed by atoms with van der Waals surface area (Å²) in [6, 6.07) is 6.35. The molecule has 6 heteroatoms. The number of H-pyrrole nitrogens is 1. The van der Waals surface area contributed by atoms with Crippen molar-refractivity contribution in [3.8, 4) is 0 Å². The normalized spacial score (nSPS) is 20.7. The highest BCUT2D eigenvalue weighted by molar-refractivity contribution is 5.93.